The van der Waals surface area contributed by atoms with E-state index in [1.807, 2.05) is 29.2 Å². The number of aromatic nitrogens is 2. The van der Waals surface area contributed by atoms with Gasteiger partial charge in [-0.25, -0.2) is 4.98 Å². The van der Waals surface area contributed by atoms with Crippen LogP contribution in [0, 0.1) is 0 Å². The predicted octanol–water partition coefficient (Wildman–Crippen LogP) is 3.05. The third-order valence-corrected chi connectivity index (χ3v) is 5.09. The first-order valence-electron chi connectivity index (χ1n) is 7.43. The molecule has 1 aliphatic heterocycles. The van der Waals surface area contributed by atoms with Crippen molar-refractivity contribution in [2.45, 2.75) is 13.0 Å². The number of carbonyl (C=O) groups excluding carboxylic acids is 1. The van der Waals surface area contributed by atoms with Crippen LogP contribution in [0.25, 0.3) is 17.0 Å². The topological polar surface area (TPSA) is 75.0 Å². The number of nitrogens with one attached hydrogen (secondary N) is 1. The Labute approximate surface area is 137 Å². The average Bonchev–Trinajstić information content (AvgIpc) is 3.15. The third kappa shape index (κ3) is 2.31. The first-order chi connectivity index (χ1) is 11.2. The largest absolute Gasteiger partial charge is 0.375 e. The Morgan fingerprint density at radius 3 is 3.17 bits per heavy atom. The van der Waals surface area contributed by atoms with Crippen molar-refractivity contribution < 1.29 is 4.79 Å². The Bertz CT molecular complexity index is 924. The molecule has 6 heteroatoms. The van der Waals surface area contributed by atoms with Gasteiger partial charge >= 0.3 is 0 Å². The molecule has 0 unspecified atom stereocenters. The Morgan fingerprint density at radius 1 is 1.48 bits per heavy atom. The van der Waals surface area contributed by atoms with E-state index < -0.39 is 0 Å². The Balaban J connectivity index is 1.66. The first-order valence-corrected chi connectivity index (χ1v) is 8.25. The summed E-state index contributed by atoms with van der Waals surface area (Å²) in [7, 11) is 0. The second-order valence-corrected chi connectivity index (χ2v) is 6.71. The lowest BCUT2D eigenvalue weighted by Crippen LogP contribution is -2.35. The second kappa shape index (κ2) is 5.24. The summed E-state index contributed by atoms with van der Waals surface area (Å²) in [6.45, 7) is 5.07. The number of carbonyl (C=O) groups is 1. The van der Waals surface area contributed by atoms with Crippen LogP contribution >= 0.6 is 11.3 Å². The van der Waals surface area contributed by atoms with Crippen LogP contribution in [-0.4, -0.2) is 27.3 Å². The number of H-pyrrole nitrogens is 1. The van der Waals surface area contributed by atoms with Gasteiger partial charge in [0.2, 0.25) is 0 Å². The summed E-state index contributed by atoms with van der Waals surface area (Å²) in [4.78, 5) is 23.3. The molecule has 0 fully saturated rings. The molecule has 0 saturated carbocycles. The molecule has 0 atom stereocenters. The van der Waals surface area contributed by atoms with Gasteiger partial charge in [-0.2, -0.15) is 0 Å². The van der Waals surface area contributed by atoms with Crippen LogP contribution in [-0.2, 0) is 13.0 Å². The highest BCUT2D eigenvalue weighted by atomic mass is 32.1. The van der Waals surface area contributed by atoms with Gasteiger partial charge in [0.15, 0.2) is 5.13 Å². The Morgan fingerprint density at radius 2 is 2.35 bits per heavy atom. The zero-order chi connectivity index (χ0) is 16.0. The van der Waals surface area contributed by atoms with Crippen molar-refractivity contribution in [3.8, 4) is 0 Å². The lowest BCUT2D eigenvalue weighted by Gasteiger charge is -2.25. The number of hydrogen-bond acceptors (Lipinski definition) is 4. The van der Waals surface area contributed by atoms with Gasteiger partial charge in [-0.1, -0.05) is 24.8 Å². The molecule has 23 heavy (non-hydrogen) atoms. The van der Waals surface area contributed by atoms with Gasteiger partial charge in [-0.3, -0.25) is 4.79 Å². The molecule has 0 radical (unpaired) electrons. The number of hydrogen-bond donors (Lipinski definition) is 2. The van der Waals surface area contributed by atoms with Crippen molar-refractivity contribution in [1.29, 1.82) is 0 Å². The average molecular weight is 324 g/mol. The van der Waals surface area contributed by atoms with Crippen molar-refractivity contribution in [2.75, 3.05) is 12.3 Å². The molecule has 5 nitrogen and oxygen atoms in total. The lowest BCUT2D eigenvalue weighted by atomic mass is 10.1. The van der Waals surface area contributed by atoms with E-state index in [0.29, 0.717) is 23.9 Å². The number of nitrogens with two attached hydrogens (primary N) is 1. The minimum Gasteiger partial charge on any atom is -0.375 e. The molecule has 3 N–H and O–H groups in total. The molecule has 0 aliphatic carbocycles. The minimum absolute atomic E-state index is 0.00818. The predicted molar refractivity (Wildman–Crippen MR) is 93.4 cm³/mol. The fraction of sp³-hybridized carbons (Fsp3) is 0.176. The van der Waals surface area contributed by atoms with E-state index in [4.69, 9.17) is 5.73 Å². The first kappa shape index (κ1) is 14.0. The van der Waals surface area contributed by atoms with Gasteiger partial charge in [-0.15, -0.1) is 11.3 Å². The number of anilines is 1. The van der Waals surface area contributed by atoms with Gasteiger partial charge < -0.3 is 15.6 Å². The smallest absolute Gasteiger partial charge is 0.270 e. The van der Waals surface area contributed by atoms with Crippen molar-refractivity contribution in [2.24, 2.45) is 0 Å². The number of rotatable bonds is 2. The highest BCUT2D eigenvalue weighted by molar-refractivity contribution is 7.15. The molecule has 3 heterocycles. The molecule has 3 aromatic rings. The summed E-state index contributed by atoms with van der Waals surface area (Å²) in [5, 5.41) is 1.59. The summed E-state index contributed by atoms with van der Waals surface area (Å²) in [6, 6.07) is 7.82. The van der Waals surface area contributed by atoms with Gasteiger partial charge in [0.25, 0.3) is 5.91 Å². The van der Waals surface area contributed by atoms with Crippen LogP contribution in [0.2, 0.25) is 0 Å². The zero-order valence-electron chi connectivity index (χ0n) is 12.5. The van der Waals surface area contributed by atoms with E-state index in [9.17, 15) is 4.79 Å². The third-order valence-electron chi connectivity index (χ3n) is 4.18. The maximum absolute atomic E-state index is 12.8. The molecule has 0 spiro atoms. The van der Waals surface area contributed by atoms with Gasteiger partial charge in [0.1, 0.15) is 5.69 Å². The molecule has 0 saturated heterocycles. The van der Waals surface area contributed by atoms with Gasteiger partial charge in [0.05, 0.1) is 12.2 Å². The van der Waals surface area contributed by atoms with E-state index in [0.717, 1.165) is 33.5 Å². The molecular formula is C17H16N4OS. The lowest BCUT2D eigenvalue weighted by molar-refractivity contribution is 0.0731. The van der Waals surface area contributed by atoms with Crippen LogP contribution in [0.4, 0.5) is 5.13 Å². The van der Waals surface area contributed by atoms with Crippen molar-refractivity contribution in [1.82, 2.24) is 14.9 Å². The zero-order valence-corrected chi connectivity index (χ0v) is 13.3. The number of amides is 1. The number of nitrogens with zero attached hydrogens (tertiary/aromatic N) is 2. The highest BCUT2D eigenvalue weighted by Crippen LogP contribution is 2.28. The SMILES string of the molecule is C=Cc1cccc2[nH]c(C(=O)N3CCc4nc(N)sc4C3)cc12. The normalized spacial score (nSPS) is 14.0. The second-order valence-electron chi connectivity index (χ2n) is 5.59. The monoisotopic (exact) mass is 324 g/mol. The van der Waals surface area contributed by atoms with E-state index in [1.54, 1.807) is 6.08 Å². The van der Waals surface area contributed by atoms with E-state index in [-0.39, 0.29) is 5.91 Å². The maximum atomic E-state index is 12.8. The summed E-state index contributed by atoms with van der Waals surface area (Å²) in [5.41, 5.74) is 9.37. The molecule has 1 aliphatic rings. The fourth-order valence-corrected chi connectivity index (χ4v) is 3.93. The maximum Gasteiger partial charge on any atom is 0.270 e. The highest BCUT2D eigenvalue weighted by Gasteiger charge is 2.25. The summed E-state index contributed by atoms with van der Waals surface area (Å²) in [6.07, 6.45) is 2.56. The van der Waals surface area contributed by atoms with Crippen molar-refractivity contribution in [3.63, 3.8) is 0 Å². The van der Waals surface area contributed by atoms with E-state index >= 15 is 0 Å². The molecule has 1 aromatic carbocycles. The van der Waals surface area contributed by atoms with Gasteiger partial charge in [0, 0.05) is 28.7 Å². The minimum atomic E-state index is 0.00818. The molecule has 116 valence electrons. The molecule has 4 rings (SSSR count). The standard InChI is InChI=1S/C17H16N4OS/c1-2-10-4-3-5-12-11(10)8-14(19-12)16(22)21-7-6-13-15(9-21)23-17(18)20-13/h2-5,8,19H,1,6-7,9H2,(H2,18,20). The molecular weight excluding hydrogens is 308 g/mol. The van der Waals surface area contributed by atoms with Crippen LogP contribution in [0.3, 0.4) is 0 Å². The quantitative estimate of drug-likeness (QED) is 0.761. The van der Waals surface area contributed by atoms with Crippen molar-refractivity contribution in [3.05, 3.63) is 52.7 Å². The summed E-state index contributed by atoms with van der Waals surface area (Å²) < 4.78 is 0. The van der Waals surface area contributed by atoms with Crippen molar-refractivity contribution >= 4 is 39.4 Å². The van der Waals surface area contributed by atoms with Crippen LogP contribution < -0.4 is 5.73 Å². The molecule has 0 bridgehead atoms. The number of thiazole rings is 1. The number of aromatic amines is 1. The number of benzene rings is 1. The van der Waals surface area contributed by atoms with Gasteiger partial charge in [-0.05, 0) is 17.7 Å². The summed E-state index contributed by atoms with van der Waals surface area (Å²) >= 11 is 1.47. The molecule has 2 aromatic heterocycles. The number of fused-ring (bicyclic) bond motifs is 2. The number of nitrogen functional groups attached to an aromatic ring is 1. The Hall–Kier alpha value is -2.60. The summed E-state index contributed by atoms with van der Waals surface area (Å²) in [5.74, 6) is 0.00818. The fourth-order valence-electron chi connectivity index (χ4n) is 3.03. The van der Waals surface area contributed by atoms with Crippen LogP contribution in [0.1, 0.15) is 26.6 Å². The van der Waals surface area contributed by atoms with E-state index in [1.165, 1.54) is 11.3 Å². The Kier molecular flexibility index (Phi) is 3.20. The van der Waals surface area contributed by atoms with Crippen LogP contribution in [0.15, 0.2) is 30.8 Å². The van der Waals surface area contributed by atoms with Crippen LogP contribution in [0.5, 0.6) is 0 Å². The van der Waals surface area contributed by atoms with E-state index in [2.05, 4.69) is 16.5 Å². The molecule has 1 amide bonds.